The Labute approximate surface area is 295 Å². The van der Waals surface area contributed by atoms with Gasteiger partial charge < -0.3 is 35.3 Å². The van der Waals surface area contributed by atoms with Gasteiger partial charge in [-0.1, -0.05) is 44.2 Å². The Balaban J connectivity index is 0.0000120. The number of hydrogen-bond donors (Lipinski definition) is 3. The van der Waals surface area contributed by atoms with Crippen molar-refractivity contribution in [2.24, 2.45) is 17.6 Å². The van der Waals surface area contributed by atoms with Gasteiger partial charge in [-0.3, -0.25) is 24.1 Å². The summed E-state index contributed by atoms with van der Waals surface area (Å²) in [6.45, 7) is 11.0. The quantitative estimate of drug-likeness (QED) is 0.183. The minimum atomic E-state index is -1.02. The molecule has 1 heterocycles. The van der Waals surface area contributed by atoms with Crippen LogP contribution in [0.15, 0.2) is 71.1 Å². The van der Waals surface area contributed by atoms with Crippen molar-refractivity contribution in [1.29, 1.82) is 0 Å². The van der Waals surface area contributed by atoms with E-state index in [0.717, 1.165) is 6.08 Å². The first kappa shape index (κ1) is 43.0. The second kappa shape index (κ2) is 20.5. The van der Waals surface area contributed by atoms with Crippen LogP contribution in [-0.2, 0) is 38.1 Å². The Kier molecular flexibility index (Phi) is 18.0. The summed E-state index contributed by atoms with van der Waals surface area (Å²) >= 11 is 0. The molecular formula is C35H51ClN4O9. The number of nitrogens with zero attached hydrogens (tertiary/aromatic N) is 1. The normalized spacial score (nSPS) is 28.5. The molecule has 0 fully saturated rings. The van der Waals surface area contributed by atoms with Crippen molar-refractivity contribution in [3.8, 4) is 0 Å². The molecule has 6 atom stereocenters. The van der Waals surface area contributed by atoms with Gasteiger partial charge in [0.15, 0.2) is 6.10 Å². The SMILES string of the molecule is C=CCNC1=C2C[C@@H](C)C[C@H](OC)[C@H](OC(=O)CN(C)C)[C@@H](C)/C=C(\C)[C@H](OC(N)=O)[C@H](OC)/C=C\C=C(/C)C(=O)NC(=CC1=O)C2=O.Cl. The molecule has 2 aliphatic rings. The van der Waals surface area contributed by atoms with Crippen molar-refractivity contribution in [2.75, 3.05) is 41.4 Å². The van der Waals surface area contributed by atoms with Crippen LogP contribution in [0.1, 0.15) is 40.5 Å². The van der Waals surface area contributed by atoms with E-state index < -0.39 is 59.9 Å². The first-order valence-corrected chi connectivity index (χ1v) is 15.7. The Bertz CT molecular complexity index is 1400. The summed E-state index contributed by atoms with van der Waals surface area (Å²) in [5.41, 5.74) is 6.41. The second-order valence-corrected chi connectivity index (χ2v) is 12.3. The predicted molar refractivity (Wildman–Crippen MR) is 187 cm³/mol. The van der Waals surface area contributed by atoms with Crippen LogP contribution in [0.5, 0.6) is 0 Å². The molecule has 0 spiro atoms. The molecule has 14 heteroatoms. The van der Waals surface area contributed by atoms with Gasteiger partial charge in [0.1, 0.15) is 12.2 Å². The number of likely N-dealkylation sites (N-methyl/N-ethyl adjacent to an activating group) is 1. The molecule has 272 valence electrons. The topological polar surface area (TPSA) is 176 Å². The molecule has 0 saturated heterocycles. The Morgan fingerprint density at radius 2 is 1.80 bits per heavy atom. The Morgan fingerprint density at radius 3 is 2.37 bits per heavy atom. The van der Waals surface area contributed by atoms with E-state index in [2.05, 4.69) is 17.2 Å². The van der Waals surface area contributed by atoms with Crippen LogP contribution in [0, 0.1) is 11.8 Å². The van der Waals surface area contributed by atoms with Gasteiger partial charge in [0, 0.05) is 43.9 Å². The van der Waals surface area contributed by atoms with E-state index in [0.29, 0.717) is 12.0 Å². The first-order valence-electron chi connectivity index (χ1n) is 15.7. The molecule has 2 amide bonds. The molecule has 0 unspecified atom stereocenters. The second-order valence-electron chi connectivity index (χ2n) is 12.3. The van der Waals surface area contributed by atoms with Crippen LogP contribution in [0.3, 0.4) is 0 Å². The molecule has 0 aromatic rings. The molecule has 49 heavy (non-hydrogen) atoms. The largest absolute Gasteiger partial charge is 0.458 e. The zero-order chi connectivity index (χ0) is 36.1. The number of Topliss-reactive ketones (excluding diaryl/α,β-unsaturated/α-hetero) is 1. The van der Waals surface area contributed by atoms with Crippen molar-refractivity contribution in [3.05, 3.63) is 71.1 Å². The number of primary amides is 1. The fourth-order valence-corrected chi connectivity index (χ4v) is 5.57. The van der Waals surface area contributed by atoms with E-state index in [-0.39, 0.29) is 60.4 Å². The molecule has 1 aliphatic carbocycles. The fraction of sp³-hybridized carbons (Fsp3) is 0.514. The first-order chi connectivity index (χ1) is 22.6. The Hall–Kier alpha value is -4.04. The maximum atomic E-state index is 13.8. The molecule has 2 bridgehead atoms. The highest BCUT2D eigenvalue weighted by Gasteiger charge is 2.35. The van der Waals surface area contributed by atoms with Crippen molar-refractivity contribution in [3.63, 3.8) is 0 Å². The summed E-state index contributed by atoms with van der Waals surface area (Å²) < 4.78 is 23.0. The number of amides is 2. The standard InChI is InChI=1S/C35H50N4O9.ClH/c1-10-14-37-30-24-15-20(2)16-28(46-9)33(47-29(41)19-39(6)7)23(5)17-22(4)32(48-35(36)44)27(45-8)13-11-12-21(3)34(43)38-25(31(24)42)18-26(30)40;/h10-13,17-18,20,23,27-28,32-33,37H,1,14-16,19H2,2-9H3,(H2,36,44)(H,38,43);1H/b13-11-,21-12+,22-17+;/t20-,23+,27-,28+,32+,33-;/m1./s1. The van der Waals surface area contributed by atoms with Gasteiger partial charge in [-0.2, -0.15) is 0 Å². The fourth-order valence-electron chi connectivity index (χ4n) is 5.57. The highest BCUT2D eigenvalue weighted by molar-refractivity contribution is 6.23. The van der Waals surface area contributed by atoms with Crippen LogP contribution in [0.4, 0.5) is 4.79 Å². The van der Waals surface area contributed by atoms with Gasteiger partial charge >= 0.3 is 12.1 Å². The van der Waals surface area contributed by atoms with Crippen LogP contribution in [0.25, 0.3) is 0 Å². The van der Waals surface area contributed by atoms with Gasteiger partial charge in [-0.15, -0.1) is 19.0 Å². The van der Waals surface area contributed by atoms with Gasteiger partial charge in [0.25, 0.3) is 5.91 Å². The zero-order valence-electron chi connectivity index (χ0n) is 29.6. The smallest absolute Gasteiger partial charge is 0.405 e. The number of methoxy groups -OCH3 is 2. The molecule has 0 aromatic carbocycles. The van der Waals surface area contributed by atoms with E-state index in [1.165, 1.54) is 20.3 Å². The minimum absolute atomic E-state index is 0. The Morgan fingerprint density at radius 1 is 1.12 bits per heavy atom. The summed E-state index contributed by atoms with van der Waals surface area (Å²) in [7, 11) is 6.43. The van der Waals surface area contributed by atoms with E-state index in [1.54, 1.807) is 57.1 Å². The summed E-state index contributed by atoms with van der Waals surface area (Å²) in [6.07, 6.45) is 5.32. The van der Waals surface area contributed by atoms with Gasteiger partial charge in [0.05, 0.1) is 24.0 Å². The number of nitrogens with one attached hydrogen (secondary N) is 2. The van der Waals surface area contributed by atoms with E-state index >= 15 is 0 Å². The average molecular weight is 707 g/mol. The number of carbonyl (C=O) groups is 5. The third kappa shape index (κ3) is 12.7. The monoisotopic (exact) mass is 706 g/mol. The van der Waals surface area contributed by atoms with Gasteiger partial charge in [0.2, 0.25) is 11.6 Å². The molecule has 2 rings (SSSR count). The third-order valence-corrected chi connectivity index (χ3v) is 7.89. The summed E-state index contributed by atoms with van der Waals surface area (Å²) in [6, 6.07) is 0. The lowest BCUT2D eigenvalue weighted by molar-refractivity contribution is -0.161. The molecule has 13 nitrogen and oxygen atoms in total. The molecular weight excluding hydrogens is 656 g/mol. The number of halogens is 1. The maximum absolute atomic E-state index is 13.8. The van der Waals surface area contributed by atoms with Crippen LogP contribution in [0.2, 0.25) is 0 Å². The number of fused-ring (bicyclic) bond motifs is 2. The highest BCUT2D eigenvalue weighted by atomic mass is 35.5. The number of ketones is 2. The lowest BCUT2D eigenvalue weighted by atomic mass is 9.85. The number of allylic oxidation sites excluding steroid dienone is 4. The molecule has 4 N–H and O–H groups in total. The van der Waals surface area contributed by atoms with Crippen molar-refractivity contribution < 1.29 is 42.9 Å². The summed E-state index contributed by atoms with van der Waals surface area (Å²) in [5.74, 6) is -2.75. The van der Waals surface area contributed by atoms with Crippen LogP contribution < -0.4 is 16.4 Å². The number of ether oxygens (including phenoxy) is 4. The van der Waals surface area contributed by atoms with Crippen molar-refractivity contribution in [2.45, 2.75) is 65.0 Å². The molecule has 0 radical (unpaired) electrons. The van der Waals surface area contributed by atoms with Gasteiger partial charge in [-0.05, 0) is 52.3 Å². The number of nitrogens with two attached hydrogens (primary N) is 1. The highest BCUT2D eigenvalue weighted by Crippen LogP contribution is 2.30. The lowest BCUT2D eigenvalue weighted by Crippen LogP contribution is -2.41. The van der Waals surface area contributed by atoms with E-state index in [4.69, 9.17) is 24.7 Å². The number of rotatable bonds is 9. The number of carbonyl (C=O) groups excluding carboxylic acids is 5. The minimum Gasteiger partial charge on any atom is -0.458 e. The maximum Gasteiger partial charge on any atom is 0.405 e. The summed E-state index contributed by atoms with van der Waals surface area (Å²) in [5, 5.41) is 5.56. The molecule has 1 aliphatic heterocycles. The predicted octanol–water partition coefficient (Wildman–Crippen LogP) is 3.07. The molecule has 0 saturated carbocycles. The number of hydrogen-bond acceptors (Lipinski definition) is 11. The average Bonchev–Trinajstić information content (AvgIpc) is 3.00. The number of esters is 1. The summed E-state index contributed by atoms with van der Waals surface area (Å²) in [4.78, 5) is 66.7. The lowest BCUT2D eigenvalue weighted by Gasteiger charge is -2.33. The van der Waals surface area contributed by atoms with Crippen molar-refractivity contribution in [1.82, 2.24) is 15.5 Å². The molecule has 0 aromatic heterocycles. The van der Waals surface area contributed by atoms with Crippen molar-refractivity contribution >= 4 is 41.9 Å². The zero-order valence-corrected chi connectivity index (χ0v) is 30.4. The van der Waals surface area contributed by atoms with Crippen LogP contribution >= 0.6 is 12.4 Å². The van der Waals surface area contributed by atoms with Crippen LogP contribution in [-0.4, -0.2) is 100 Å². The van der Waals surface area contributed by atoms with E-state index in [9.17, 15) is 24.0 Å². The third-order valence-electron chi connectivity index (χ3n) is 7.89. The van der Waals surface area contributed by atoms with E-state index in [1.807, 2.05) is 13.8 Å². The van der Waals surface area contributed by atoms with Gasteiger partial charge in [-0.25, -0.2) is 4.79 Å².